The van der Waals surface area contributed by atoms with Gasteiger partial charge in [0, 0.05) is 22.8 Å². The number of halogens is 1. The van der Waals surface area contributed by atoms with Gasteiger partial charge in [0.05, 0.1) is 18.1 Å². The van der Waals surface area contributed by atoms with E-state index >= 15 is 0 Å². The molecule has 0 amide bonds. The van der Waals surface area contributed by atoms with Gasteiger partial charge < -0.3 is 14.8 Å². The van der Waals surface area contributed by atoms with Gasteiger partial charge in [-0.1, -0.05) is 0 Å². The van der Waals surface area contributed by atoms with E-state index in [1.54, 1.807) is 12.1 Å². The lowest BCUT2D eigenvalue weighted by molar-refractivity contribution is -0.384. The van der Waals surface area contributed by atoms with Gasteiger partial charge >= 0.3 is 5.69 Å². The van der Waals surface area contributed by atoms with E-state index in [0.29, 0.717) is 12.2 Å². The molecule has 18 heavy (non-hydrogen) atoms. The molecule has 1 heterocycles. The van der Waals surface area contributed by atoms with Crippen molar-refractivity contribution in [2.75, 3.05) is 25.6 Å². The van der Waals surface area contributed by atoms with Gasteiger partial charge in [0.15, 0.2) is 5.75 Å². The highest BCUT2D eigenvalue weighted by Gasteiger charge is 2.24. The monoisotopic (exact) mass is 364 g/mol. The normalized spacial score (nSPS) is 18.0. The van der Waals surface area contributed by atoms with Crippen molar-refractivity contribution in [1.29, 1.82) is 0 Å². The van der Waals surface area contributed by atoms with Crippen LogP contribution in [-0.2, 0) is 4.74 Å². The number of nitrogens with one attached hydrogen (secondary N) is 1. The highest BCUT2D eigenvalue weighted by Crippen LogP contribution is 2.36. The lowest BCUT2D eigenvalue weighted by Crippen LogP contribution is -2.33. The minimum Gasteiger partial charge on any atom is -0.490 e. The lowest BCUT2D eigenvalue weighted by atomic mass is 10.2. The standard InChI is InChI=1S/C11H13IN2O4/c1-17-10-5-7(12)4-9(11(10)14(15)16)13-6-8-2-3-18-8/h4-5,8,13H,2-3,6H2,1H3/t8-/m0/s1. The number of anilines is 1. The van der Waals surface area contributed by atoms with Gasteiger partial charge in [0.2, 0.25) is 0 Å². The predicted molar refractivity (Wildman–Crippen MR) is 75.2 cm³/mol. The van der Waals surface area contributed by atoms with Crippen LogP contribution in [0.2, 0.25) is 0 Å². The van der Waals surface area contributed by atoms with Crippen molar-refractivity contribution in [3.8, 4) is 5.75 Å². The summed E-state index contributed by atoms with van der Waals surface area (Å²) in [7, 11) is 1.43. The first-order valence-electron chi connectivity index (χ1n) is 5.49. The fourth-order valence-corrected chi connectivity index (χ4v) is 2.32. The molecule has 1 saturated heterocycles. The first-order valence-corrected chi connectivity index (χ1v) is 6.57. The summed E-state index contributed by atoms with van der Waals surface area (Å²) in [5, 5.41) is 14.2. The lowest BCUT2D eigenvalue weighted by Gasteiger charge is -2.26. The Morgan fingerprint density at radius 3 is 2.89 bits per heavy atom. The van der Waals surface area contributed by atoms with Crippen molar-refractivity contribution in [1.82, 2.24) is 0 Å². The molecule has 1 fully saturated rings. The Balaban J connectivity index is 2.24. The molecule has 1 aliphatic rings. The molecule has 0 aliphatic carbocycles. The number of nitro groups is 1. The summed E-state index contributed by atoms with van der Waals surface area (Å²) in [4.78, 5) is 10.7. The zero-order valence-electron chi connectivity index (χ0n) is 9.81. The summed E-state index contributed by atoms with van der Waals surface area (Å²) in [6.07, 6.45) is 1.13. The van der Waals surface area contributed by atoms with Gasteiger partial charge in [-0.2, -0.15) is 0 Å². The number of nitro benzene ring substituents is 1. The summed E-state index contributed by atoms with van der Waals surface area (Å²) in [6.45, 7) is 1.34. The van der Waals surface area contributed by atoms with Gasteiger partial charge in [0.1, 0.15) is 5.69 Å². The first-order chi connectivity index (χ1) is 8.61. The second-order valence-corrected chi connectivity index (χ2v) is 5.17. The number of hydrogen-bond donors (Lipinski definition) is 1. The number of benzene rings is 1. The molecule has 98 valence electrons. The van der Waals surface area contributed by atoms with E-state index in [1.807, 2.05) is 0 Å². The SMILES string of the molecule is COc1cc(I)cc(NC[C@@H]2CCO2)c1[N+](=O)[O-]. The van der Waals surface area contributed by atoms with E-state index in [9.17, 15) is 10.1 Å². The third kappa shape index (κ3) is 2.83. The average molecular weight is 364 g/mol. The molecular weight excluding hydrogens is 351 g/mol. The van der Waals surface area contributed by atoms with Gasteiger partial charge in [-0.15, -0.1) is 0 Å². The van der Waals surface area contributed by atoms with Crippen molar-refractivity contribution < 1.29 is 14.4 Å². The van der Waals surface area contributed by atoms with E-state index < -0.39 is 4.92 Å². The van der Waals surface area contributed by atoms with Crippen molar-refractivity contribution in [2.45, 2.75) is 12.5 Å². The van der Waals surface area contributed by atoms with Crippen LogP contribution in [0.3, 0.4) is 0 Å². The highest BCUT2D eigenvalue weighted by molar-refractivity contribution is 14.1. The maximum atomic E-state index is 11.1. The summed E-state index contributed by atoms with van der Waals surface area (Å²) >= 11 is 2.10. The van der Waals surface area contributed by atoms with Crippen molar-refractivity contribution in [3.05, 3.63) is 25.8 Å². The van der Waals surface area contributed by atoms with Crippen molar-refractivity contribution >= 4 is 34.0 Å². The molecule has 1 aliphatic heterocycles. The minimum atomic E-state index is -0.432. The van der Waals surface area contributed by atoms with E-state index in [4.69, 9.17) is 9.47 Å². The van der Waals surface area contributed by atoms with E-state index in [-0.39, 0.29) is 17.5 Å². The molecule has 1 aromatic carbocycles. The Morgan fingerprint density at radius 1 is 1.67 bits per heavy atom. The minimum absolute atomic E-state index is 0.0303. The molecule has 0 bridgehead atoms. The zero-order chi connectivity index (χ0) is 13.1. The number of ether oxygens (including phenoxy) is 2. The Labute approximate surface area is 118 Å². The van der Waals surface area contributed by atoms with Crippen LogP contribution in [0.15, 0.2) is 12.1 Å². The highest BCUT2D eigenvalue weighted by atomic mass is 127. The second-order valence-electron chi connectivity index (χ2n) is 3.92. The molecule has 1 aromatic rings. The van der Waals surface area contributed by atoms with E-state index in [0.717, 1.165) is 16.6 Å². The van der Waals surface area contributed by atoms with E-state index in [1.165, 1.54) is 7.11 Å². The summed E-state index contributed by atoms with van der Waals surface area (Å²) in [5.74, 6) is 0.268. The molecule has 0 aromatic heterocycles. The zero-order valence-corrected chi connectivity index (χ0v) is 12.0. The van der Waals surface area contributed by atoms with Gasteiger partial charge in [0.25, 0.3) is 0 Å². The van der Waals surface area contributed by atoms with Gasteiger partial charge in [-0.05, 0) is 35.1 Å². The van der Waals surface area contributed by atoms with Crippen LogP contribution in [0.1, 0.15) is 6.42 Å². The first kappa shape index (κ1) is 13.3. The van der Waals surface area contributed by atoms with Crippen LogP contribution in [0.25, 0.3) is 0 Å². The molecule has 0 spiro atoms. The smallest absolute Gasteiger partial charge is 0.333 e. The fourth-order valence-electron chi connectivity index (χ4n) is 1.72. The summed E-state index contributed by atoms with van der Waals surface area (Å²) < 4.78 is 11.2. The van der Waals surface area contributed by atoms with E-state index in [2.05, 4.69) is 27.9 Å². The van der Waals surface area contributed by atoms with Crippen molar-refractivity contribution in [2.24, 2.45) is 0 Å². The van der Waals surface area contributed by atoms with Crippen molar-refractivity contribution in [3.63, 3.8) is 0 Å². The predicted octanol–water partition coefficient (Wildman–Crippen LogP) is 2.41. The molecule has 6 nitrogen and oxygen atoms in total. The van der Waals surface area contributed by atoms with Crippen LogP contribution in [0.4, 0.5) is 11.4 Å². The molecule has 0 saturated carbocycles. The molecule has 0 unspecified atom stereocenters. The molecule has 1 atom stereocenters. The van der Waals surface area contributed by atoms with Crippen LogP contribution < -0.4 is 10.1 Å². The Morgan fingerprint density at radius 2 is 2.39 bits per heavy atom. The number of methoxy groups -OCH3 is 1. The molecule has 7 heteroatoms. The van der Waals surface area contributed by atoms with Crippen LogP contribution >= 0.6 is 22.6 Å². The Kier molecular flexibility index (Phi) is 4.23. The third-order valence-electron chi connectivity index (χ3n) is 2.76. The topological polar surface area (TPSA) is 73.6 Å². The molecule has 1 N–H and O–H groups in total. The number of rotatable bonds is 5. The molecule has 0 radical (unpaired) electrons. The maximum Gasteiger partial charge on any atom is 0.333 e. The maximum absolute atomic E-state index is 11.1. The quantitative estimate of drug-likeness (QED) is 0.494. The number of nitrogens with zero attached hydrogens (tertiary/aromatic N) is 1. The van der Waals surface area contributed by atoms with Crippen LogP contribution in [0.5, 0.6) is 5.75 Å². The Hall–Kier alpha value is -1.09. The third-order valence-corrected chi connectivity index (χ3v) is 3.38. The summed E-state index contributed by atoms with van der Waals surface area (Å²) in [6, 6.07) is 3.38. The average Bonchev–Trinajstić information content (AvgIpc) is 2.25. The van der Waals surface area contributed by atoms with Gasteiger partial charge in [-0.3, -0.25) is 10.1 Å². The molecular formula is C11H13IN2O4. The van der Waals surface area contributed by atoms with Gasteiger partial charge in [-0.25, -0.2) is 0 Å². The Bertz CT molecular complexity index is 463. The fraction of sp³-hybridized carbons (Fsp3) is 0.455. The van der Waals surface area contributed by atoms with Crippen LogP contribution in [-0.4, -0.2) is 31.3 Å². The number of hydrogen-bond acceptors (Lipinski definition) is 5. The molecule has 2 rings (SSSR count). The second kappa shape index (κ2) is 5.70. The largest absolute Gasteiger partial charge is 0.490 e. The summed E-state index contributed by atoms with van der Waals surface area (Å²) in [5.41, 5.74) is 0.441. The van der Waals surface area contributed by atoms with Crippen LogP contribution in [0, 0.1) is 13.7 Å².